The van der Waals surface area contributed by atoms with Crippen LogP contribution in [-0.4, -0.2) is 10.8 Å². The normalized spacial score (nSPS) is 9.73. The number of ketones is 1. The minimum absolute atomic E-state index is 0.0538. The maximum absolute atomic E-state index is 11.0. The molecule has 0 saturated carbocycles. The second-order valence-electron chi connectivity index (χ2n) is 2.53. The molecule has 0 aromatic carbocycles. The van der Waals surface area contributed by atoms with Crippen molar-refractivity contribution >= 4 is 5.78 Å². The summed E-state index contributed by atoms with van der Waals surface area (Å²) in [5.74, 6) is 0.0538. The first-order valence-electron chi connectivity index (χ1n) is 3.45. The van der Waals surface area contributed by atoms with Gasteiger partial charge in [-0.15, -0.1) is 0 Å². The Labute approximate surface area is 65.7 Å². The number of nitrogens with zero attached hydrogens (tertiary/aromatic N) is 2. The summed E-state index contributed by atoms with van der Waals surface area (Å²) in [5, 5.41) is 0. The maximum atomic E-state index is 11.0. The Hall–Kier alpha value is -1.25. The smallest absolute Gasteiger partial charge is 0.269 e. The lowest BCUT2D eigenvalue weighted by atomic mass is 10.2. The Bertz CT molecular complexity index is 274. The lowest BCUT2D eigenvalue weighted by Gasteiger charge is -1.96. The molecule has 0 aliphatic carbocycles. The average Bonchev–Trinajstić information content (AvgIpc) is 1.85. The van der Waals surface area contributed by atoms with E-state index >= 15 is 0 Å². The van der Waals surface area contributed by atoms with Crippen molar-refractivity contribution in [3.8, 4) is 0 Å². The summed E-state index contributed by atoms with van der Waals surface area (Å²) in [6.45, 7) is 3.38. The Morgan fingerprint density at radius 1 is 1.64 bits per heavy atom. The molecule has 0 fully saturated rings. The van der Waals surface area contributed by atoms with Gasteiger partial charge < -0.3 is 0 Å². The summed E-state index contributed by atoms with van der Waals surface area (Å²) in [5.41, 5.74) is 1.45. The van der Waals surface area contributed by atoms with E-state index in [4.69, 9.17) is 0 Å². The summed E-state index contributed by atoms with van der Waals surface area (Å²) in [7, 11) is 1.84. The molecule has 0 unspecified atom stereocenters. The molecular weight excluding hydrogens is 140 g/mol. The van der Waals surface area contributed by atoms with Gasteiger partial charge >= 0.3 is 0 Å². The molecule has 0 amide bonds. The van der Waals surface area contributed by atoms with E-state index in [0.29, 0.717) is 5.69 Å². The van der Waals surface area contributed by atoms with Gasteiger partial charge in [-0.3, -0.25) is 4.79 Å². The molecule has 1 aromatic rings. The third-order valence-corrected chi connectivity index (χ3v) is 1.59. The fraction of sp³-hybridized carbons (Fsp3) is 0.375. The van der Waals surface area contributed by atoms with Crippen LogP contribution in [-0.2, 0) is 7.05 Å². The van der Waals surface area contributed by atoms with E-state index in [9.17, 15) is 4.79 Å². The van der Waals surface area contributed by atoms with E-state index < -0.39 is 0 Å². The van der Waals surface area contributed by atoms with Crippen LogP contribution in [0, 0.1) is 6.92 Å². The summed E-state index contributed by atoms with van der Waals surface area (Å²) < 4.78 is 1.78. The molecule has 0 atom stereocenters. The summed E-state index contributed by atoms with van der Waals surface area (Å²) >= 11 is 0. The zero-order valence-corrected chi connectivity index (χ0v) is 6.96. The quantitative estimate of drug-likeness (QED) is 0.430. The molecule has 1 rings (SSSR count). The standard InChI is InChI=1S/C8H11N2O/c1-6-8(7(2)11)10(3)5-4-9-6/h4-5H,1-3H3/q+1. The molecule has 11 heavy (non-hydrogen) atoms. The van der Waals surface area contributed by atoms with Gasteiger partial charge in [0.15, 0.2) is 6.20 Å². The predicted octanol–water partition coefficient (Wildman–Crippen LogP) is 0.417. The number of hydrogen-bond acceptors (Lipinski definition) is 2. The van der Waals surface area contributed by atoms with E-state index in [1.165, 1.54) is 0 Å². The highest BCUT2D eigenvalue weighted by atomic mass is 16.1. The minimum atomic E-state index is 0.0538. The second-order valence-corrected chi connectivity index (χ2v) is 2.53. The average molecular weight is 151 g/mol. The predicted molar refractivity (Wildman–Crippen MR) is 40.2 cm³/mol. The van der Waals surface area contributed by atoms with Crippen LogP contribution in [0.2, 0.25) is 0 Å². The van der Waals surface area contributed by atoms with Gasteiger partial charge in [0.25, 0.3) is 5.69 Å². The van der Waals surface area contributed by atoms with Gasteiger partial charge in [0.1, 0.15) is 12.7 Å². The molecule has 1 heterocycles. The van der Waals surface area contributed by atoms with Crippen LogP contribution >= 0.6 is 0 Å². The Morgan fingerprint density at radius 3 is 2.64 bits per heavy atom. The number of hydrogen-bond donors (Lipinski definition) is 0. The van der Waals surface area contributed by atoms with Crippen molar-refractivity contribution in [2.24, 2.45) is 7.05 Å². The zero-order chi connectivity index (χ0) is 8.43. The minimum Gasteiger partial charge on any atom is -0.288 e. The van der Waals surface area contributed by atoms with Crippen molar-refractivity contribution in [1.29, 1.82) is 0 Å². The third kappa shape index (κ3) is 1.42. The Kier molecular flexibility index (Phi) is 1.98. The maximum Gasteiger partial charge on any atom is 0.269 e. The lowest BCUT2D eigenvalue weighted by molar-refractivity contribution is -0.674. The molecular formula is C8H11N2O+. The fourth-order valence-electron chi connectivity index (χ4n) is 1.14. The van der Waals surface area contributed by atoms with E-state index in [0.717, 1.165) is 5.69 Å². The fourth-order valence-corrected chi connectivity index (χ4v) is 1.14. The van der Waals surface area contributed by atoms with Gasteiger partial charge in [0, 0.05) is 6.92 Å². The molecule has 0 N–H and O–H groups in total. The molecule has 0 aliphatic heterocycles. The number of carbonyl (C=O) groups is 1. The molecule has 0 bridgehead atoms. The van der Waals surface area contributed by atoms with Crippen LogP contribution in [0.5, 0.6) is 0 Å². The molecule has 3 nitrogen and oxygen atoms in total. The van der Waals surface area contributed by atoms with Crippen LogP contribution in [0.15, 0.2) is 12.4 Å². The van der Waals surface area contributed by atoms with Gasteiger partial charge in [-0.2, -0.15) is 4.57 Å². The molecule has 3 heteroatoms. The van der Waals surface area contributed by atoms with Gasteiger partial charge in [0.05, 0.1) is 6.20 Å². The van der Waals surface area contributed by atoms with Crippen molar-refractivity contribution in [3.05, 3.63) is 23.8 Å². The summed E-state index contributed by atoms with van der Waals surface area (Å²) in [6, 6.07) is 0. The third-order valence-electron chi connectivity index (χ3n) is 1.59. The van der Waals surface area contributed by atoms with E-state index in [1.807, 2.05) is 14.0 Å². The first-order valence-corrected chi connectivity index (χ1v) is 3.45. The summed E-state index contributed by atoms with van der Waals surface area (Å²) in [6.07, 6.45) is 3.45. The lowest BCUT2D eigenvalue weighted by Crippen LogP contribution is -2.36. The number of carbonyl (C=O) groups excluding carboxylic acids is 1. The zero-order valence-electron chi connectivity index (χ0n) is 6.96. The number of aryl methyl sites for hydroxylation is 2. The summed E-state index contributed by atoms with van der Waals surface area (Å²) in [4.78, 5) is 15.0. The molecule has 58 valence electrons. The van der Waals surface area contributed by atoms with E-state index in [-0.39, 0.29) is 5.78 Å². The Morgan fingerprint density at radius 2 is 2.27 bits per heavy atom. The van der Waals surface area contributed by atoms with Crippen molar-refractivity contribution in [3.63, 3.8) is 0 Å². The van der Waals surface area contributed by atoms with Gasteiger partial charge in [-0.25, -0.2) is 4.98 Å². The molecule has 0 spiro atoms. The second kappa shape index (κ2) is 2.78. The monoisotopic (exact) mass is 151 g/mol. The highest BCUT2D eigenvalue weighted by molar-refractivity contribution is 5.91. The highest BCUT2D eigenvalue weighted by Gasteiger charge is 2.15. The van der Waals surface area contributed by atoms with Crippen molar-refractivity contribution in [2.45, 2.75) is 13.8 Å². The molecule has 0 radical (unpaired) electrons. The van der Waals surface area contributed by atoms with Crippen molar-refractivity contribution in [1.82, 2.24) is 4.98 Å². The van der Waals surface area contributed by atoms with Crippen molar-refractivity contribution < 1.29 is 9.36 Å². The first kappa shape index (κ1) is 7.85. The van der Waals surface area contributed by atoms with Gasteiger partial charge in [-0.05, 0) is 6.92 Å². The molecule has 1 aromatic heterocycles. The van der Waals surface area contributed by atoms with Crippen LogP contribution in [0.4, 0.5) is 0 Å². The van der Waals surface area contributed by atoms with Crippen LogP contribution in [0.1, 0.15) is 23.1 Å². The van der Waals surface area contributed by atoms with Crippen LogP contribution in [0.3, 0.4) is 0 Å². The van der Waals surface area contributed by atoms with Gasteiger partial charge in [0.2, 0.25) is 5.78 Å². The molecule has 0 saturated heterocycles. The number of rotatable bonds is 1. The largest absolute Gasteiger partial charge is 0.288 e. The number of Topliss-reactive ketones (excluding diaryl/α,β-unsaturated/α-hetero) is 1. The Balaban J connectivity index is 3.32. The molecule has 0 aliphatic rings. The van der Waals surface area contributed by atoms with E-state index in [2.05, 4.69) is 4.98 Å². The topological polar surface area (TPSA) is 33.8 Å². The first-order chi connectivity index (χ1) is 5.13. The van der Waals surface area contributed by atoms with Crippen molar-refractivity contribution in [2.75, 3.05) is 0 Å². The highest BCUT2D eigenvalue weighted by Crippen LogP contribution is 1.96. The van der Waals surface area contributed by atoms with Crippen LogP contribution < -0.4 is 4.57 Å². The van der Waals surface area contributed by atoms with E-state index in [1.54, 1.807) is 23.9 Å². The SMILES string of the molecule is CC(=O)c1c(C)ncc[n+]1C. The van der Waals surface area contributed by atoms with Gasteiger partial charge in [-0.1, -0.05) is 0 Å². The number of aromatic nitrogens is 2. The van der Waals surface area contributed by atoms with Crippen LogP contribution in [0.25, 0.3) is 0 Å².